The van der Waals surface area contributed by atoms with Crippen LogP contribution in [0, 0.1) is 17.8 Å². The molecular formula is C22H27NO4P2. The molecule has 0 saturated heterocycles. The third-order valence-electron chi connectivity index (χ3n) is 6.83. The quantitative estimate of drug-likeness (QED) is 0.655. The molecule has 154 valence electrons. The van der Waals surface area contributed by atoms with E-state index in [2.05, 4.69) is 5.09 Å². The largest absolute Gasteiger partial charge is 0.365 e. The molecule has 0 spiro atoms. The van der Waals surface area contributed by atoms with E-state index in [-0.39, 0.29) is 10.8 Å². The second-order valence-corrected chi connectivity index (χ2v) is 13.2. The van der Waals surface area contributed by atoms with Gasteiger partial charge in [-0.15, -0.1) is 0 Å². The van der Waals surface area contributed by atoms with Crippen LogP contribution in [0.4, 0.5) is 0 Å². The second-order valence-electron chi connectivity index (χ2n) is 9.13. The van der Waals surface area contributed by atoms with Crippen LogP contribution in [0.2, 0.25) is 0 Å². The molecule has 5 nitrogen and oxygen atoms in total. The summed E-state index contributed by atoms with van der Waals surface area (Å²) in [6.07, 6.45) is 6.71. The molecule has 2 aromatic rings. The lowest BCUT2D eigenvalue weighted by molar-refractivity contribution is -0.00925. The predicted molar refractivity (Wildman–Crippen MR) is 115 cm³/mol. The fraction of sp³-hybridized carbons (Fsp3) is 0.455. The number of rotatable bonds is 6. The summed E-state index contributed by atoms with van der Waals surface area (Å²) in [6, 6.07) is 17.1. The van der Waals surface area contributed by atoms with Crippen LogP contribution >= 0.6 is 15.1 Å². The first kappa shape index (κ1) is 19.7. The van der Waals surface area contributed by atoms with E-state index in [1.807, 2.05) is 6.07 Å². The molecule has 29 heavy (non-hydrogen) atoms. The van der Waals surface area contributed by atoms with Crippen molar-refractivity contribution in [2.75, 3.05) is 0 Å². The van der Waals surface area contributed by atoms with Gasteiger partial charge in [-0.25, -0.2) is 9.40 Å². The van der Waals surface area contributed by atoms with Gasteiger partial charge in [0, 0.05) is 5.54 Å². The molecule has 2 aromatic carbocycles. The molecule has 0 aromatic heterocycles. The molecule has 4 saturated carbocycles. The van der Waals surface area contributed by atoms with Crippen LogP contribution in [0.15, 0.2) is 60.7 Å². The van der Waals surface area contributed by atoms with E-state index in [1.54, 1.807) is 54.6 Å². The summed E-state index contributed by atoms with van der Waals surface area (Å²) in [5, 5.41) is 3.98. The summed E-state index contributed by atoms with van der Waals surface area (Å²) in [5.41, 5.74) is -0.267. The van der Waals surface area contributed by atoms with E-state index in [0.717, 1.165) is 19.3 Å². The Kier molecular flexibility index (Phi) is 4.89. The highest BCUT2D eigenvalue weighted by atomic mass is 31.3. The molecule has 0 amide bonds. The minimum Gasteiger partial charge on any atom is -0.321 e. The van der Waals surface area contributed by atoms with Gasteiger partial charge in [-0.2, -0.15) is 0 Å². The molecule has 4 aliphatic carbocycles. The zero-order valence-corrected chi connectivity index (χ0v) is 18.1. The van der Waals surface area contributed by atoms with Crippen molar-refractivity contribution >= 4 is 25.7 Å². The van der Waals surface area contributed by atoms with Crippen molar-refractivity contribution in [1.82, 2.24) is 5.09 Å². The van der Waals surface area contributed by atoms with Gasteiger partial charge < -0.3 is 4.89 Å². The lowest BCUT2D eigenvalue weighted by Crippen LogP contribution is -2.58. The lowest BCUT2D eigenvalue weighted by atomic mass is 9.53. The van der Waals surface area contributed by atoms with Crippen LogP contribution in [-0.4, -0.2) is 10.4 Å². The van der Waals surface area contributed by atoms with Gasteiger partial charge in [0.1, 0.15) is 0 Å². The maximum atomic E-state index is 14.2. The smallest absolute Gasteiger partial charge is 0.321 e. The first-order valence-electron chi connectivity index (χ1n) is 10.4. The van der Waals surface area contributed by atoms with Gasteiger partial charge in [0.15, 0.2) is 0 Å². The Morgan fingerprint density at radius 3 is 1.72 bits per heavy atom. The third kappa shape index (κ3) is 3.80. The normalized spacial score (nSPS) is 34.4. The summed E-state index contributed by atoms with van der Waals surface area (Å²) in [5.74, 6) is 1.98. The Labute approximate surface area is 171 Å². The molecule has 6 rings (SSSR count). The molecule has 4 fully saturated rings. The minimum absolute atomic E-state index is 0.156. The van der Waals surface area contributed by atoms with Gasteiger partial charge in [-0.3, -0.25) is 9.13 Å². The summed E-state index contributed by atoms with van der Waals surface area (Å²) in [6.45, 7) is 0. The number of hydrogen-bond acceptors (Lipinski definition) is 3. The van der Waals surface area contributed by atoms with Crippen molar-refractivity contribution in [3.63, 3.8) is 0 Å². The van der Waals surface area contributed by atoms with E-state index in [0.29, 0.717) is 23.1 Å². The lowest BCUT2D eigenvalue weighted by Gasteiger charge is -2.57. The Bertz CT molecular complexity index is 944. The van der Waals surface area contributed by atoms with Gasteiger partial charge in [0.2, 0.25) is 0 Å². The van der Waals surface area contributed by atoms with Gasteiger partial charge in [-0.05, 0) is 80.5 Å². The van der Waals surface area contributed by atoms with E-state index < -0.39 is 15.1 Å². The molecule has 4 bridgehead atoms. The van der Waals surface area contributed by atoms with Crippen LogP contribution in [0.5, 0.6) is 0 Å². The first-order valence-corrected chi connectivity index (χ1v) is 13.6. The van der Waals surface area contributed by atoms with Crippen molar-refractivity contribution in [2.45, 2.75) is 44.1 Å². The van der Waals surface area contributed by atoms with Gasteiger partial charge in [0.25, 0.3) is 0 Å². The van der Waals surface area contributed by atoms with E-state index in [4.69, 9.17) is 4.31 Å². The molecule has 0 radical (unpaired) electrons. The van der Waals surface area contributed by atoms with Crippen molar-refractivity contribution in [3.8, 4) is 0 Å². The Morgan fingerprint density at radius 2 is 1.24 bits per heavy atom. The summed E-state index contributed by atoms with van der Waals surface area (Å²) in [7, 11) is -8.04. The molecule has 2 atom stereocenters. The van der Waals surface area contributed by atoms with Gasteiger partial charge >= 0.3 is 15.1 Å². The number of benzene rings is 2. The Balaban J connectivity index is 1.51. The van der Waals surface area contributed by atoms with E-state index >= 15 is 0 Å². The maximum absolute atomic E-state index is 14.2. The highest BCUT2D eigenvalue weighted by Gasteiger charge is 2.54. The Hall–Kier alpha value is -1.22. The van der Waals surface area contributed by atoms with Crippen molar-refractivity contribution in [3.05, 3.63) is 60.7 Å². The molecule has 0 aliphatic heterocycles. The Morgan fingerprint density at radius 1 is 0.793 bits per heavy atom. The molecule has 7 heteroatoms. The summed E-state index contributed by atoms with van der Waals surface area (Å²) < 4.78 is 33.0. The van der Waals surface area contributed by atoms with Crippen LogP contribution in [0.3, 0.4) is 0 Å². The third-order valence-corrected chi connectivity index (χ3v) is 11.3. The van der Waals surface area contributed by atoms with Crippen molar-refractivity contribution < 1.29 is 18.3 Å². The number of nitrogens with one attached hydrogen (secondary N) is 1. The number of hydrogen-bond donors (Lipinski definition) is 2. The SMILES string of the molecule is O=P(O)(OP(=O)(NC12CC3CC(CC(C3)C1)C2)c1ccccc1)c1ccccc1. The van der Waals surface area contributed by atoms with E-state index in [1.165, 1.54) is 19.3 Å². The second kappa shape index (κ2) is 7.18. The van der Waals surface area contributed by atoms with Gasteiger partial charge in [0.05, 0.1) is 10.6 Å². The van der Waals surface area contributed by atoms with Gasteiger partial charge in [-0.1, -0.05) is 36.4 Å². The first-order chi connectivity index (χ1) is 13.9. The van der Waals surface area contributed by atoms with Crippen LogP contribution < -0.4 is 15.7 Å². The minimum atomic E-state index is -4.27. The summed E-state index contributed by atoms with van der Waals surface area (Å²) in [4.78, 5) is 10.7. The molecular weight excluding hydrogens is 404 g/mol. The zero-order chi connectivity index (χ0) is 20.1. The van der Waals surface area contributed by atoms with Crippen molar-refractivity contribution in [2.24, 2.45) is 17.8 Å². The molecule has 2 unspecified atom stereocenters. The summed E-state index contributed by atoms with van der Waals surface area (Å²) >= 11 is 0. The van der Waals surface area contributed by atoms with Crippen LogP contribution in [-0.2, 0) is 13.4 Å². The van der Waals surface area contributed by atoms with Crippen molar-refractivity contribution in [1.29, 1.82) is 0 Å². The topological polar surface area (TPSA) is 75.6 Å². The molecule has 2 N–H and O–H groups in total. The fourth-order valence-electron chi connectivity index (χ4n) is 6.14. The van der Waals surface area contributed by atoms with E-state index in [9.17, 15) is 14.0 Å². The monoisotopic (exact) mass is 431 g/mol. The molecule has 4 aliphatic rings. The predicted octanol–water partition coefficient (Wildman–Crippen LogP) is 4.59. The maximum Gasteiger partial charge on any atom is 0.365 e. The average molecular weight is 431 g/mol. The highest BCUT2D eigenvalue weighted by molar-refractivity contribution is 7.76. The molecule has 0 heterocycles. The highest BCUT2D eigenvalue weighted by Crippen LogP contribution is 2.63. The standard InChI is InChI=1S/C22H27NO4P2/c24-28(20-7-3-1-4-8-20,27-29(25,26)21-9-5-2-6-10-21)23-22-14-17-11-18(15-22)13-19(12-17)16-22/h1-10,17-19H,11-16H2,(H,23,24)(H,25,26). The van der Waals surface area contributed by atoms with Crippen LogP contribution in [0.25, 0.3) is 0 Å². The zero-order valence-electron chi connectivity index (χ0n) is 16.3. The van der Waals surface area contributed by atoms with Crippen LogP contribution in [0.1, 0.15) is 38.5 Å². The fourth-order valence-corrected chi connectivity index (χ4v) is 10.4. The average Bonchev–Trinajstić information content (AvgIpc) is 2.67.